The summed E-state index contributed by atoms with van der Waals surface area (Å²) in [5.74, 6) is 1.47. The maximum Gasteiger partial charge on any atom is 0.195 e. The van der Waals surface area contributed by atoms with Crippen LogP contribution in [0.4, 0.5) is 11.4 Å². The number of guanidine groups is 1. The predicted molar refractivity (Wildman–Crippen MR) is 76.7 cm³/mol. The molecule has 0 radical (unpaired) electrons. The molecule has 18 heavy (non-hydrogen) atoms. The number of nitrogens with zero attached hydrogens (tertiary/aromatic N) is 3. The van der Waals surface area contributed by atoms with E-state index in [9.17, 15) is 0 Å². The molecule has 0 saturated heterocycles. The largest absolute Gasteiger partial charge is 0.489 e. The molecule has 96 valence electrons. The van der Waals surface area contributed by atoms with Crippen LogP contribution >= 0.6 is 15.9 Å². The summed E-state index contributed by atoms with van der Waals surface area (Å²) < 4.78 is 6.73. The van der Waals surface area contributed by atoms with Crippen LogP contribution in [0.1, 0.15) is 0 Å². The van der Waals surface area contributed by atoms with Crippen LogP contribution in [0.25, 0.3) is 0 Å². The Kier molecular flexibility index (Phi) is 2.81. The van der Waals surface area contributed by atoms with E-state index in [0.717, 1.165) is 41.2 Å². The lowest BCUT2D eigenvalue weighted by Crippen LogP contribution is -2.34. The summed E-state index contributed by atoms with van der Waals surface area (Å²) in [4.78, 5) is 8.40. The molecular weight excluding hydrogens is 296 g/mol. The molecule has 0 spiro atoms. The Morgan fingerprint density at radius 1 is 1.33 bits per heavy atom. The molecule has 1 aromatic rings. The second kappa shape index (κ2) is 4.35. The maximum absolute atomic E-state index is 5.89. The number of aliphatic imine (C=N–C) groups is 1. The summed E-state index contributed by atoms with van der Waals surface area (Å²) in [6.45, 7) is 3.19. The topological polar surface area (TPSA) is 54.1 Å². The van der Waals surface area contributed by atoms with Crippen LogP contribution < -0.4 is 20.3 Å². The average Bonchev–Trinajstić information content (AvgIpc) is 2.76. The highest BCUT2D eigenvalue weighted by Gasteiger charge is 2.23. The molecule has 5 nitrogen and oxygen atoms in total. The van der Waals surface area contributed by atoms with Gasteiger partial charge in [-0.25, -0.2) is 0 Å². The van der Waals surface area contributed by atoms with Crippen molar-refractivity contribution in [2.75, 3.05) is 43.1 Å². The number of hydrogen-bond acceptors (Lipinski definition) is 5. The van der Waals surface area contributed by atoms with Crippen molar-refractivity contribution in [1.82, 2.24) is 0 Å². The molecule has 1 aromatic carbocycles. The molecule has 0 atom stereocenters. The van der Waals surface area contributed by atoms with E-state index in [1.807, 2.05) is 11.0 Å². The highest BCUT2D eigenvalue weighted by molar-refractivity contribution is 9.10. The second-order valence-corrected chi connectivity index (χ2v) is 5.29. The van der Waals surface area contributed by atoms with Gasteiger partial charge in [0.25, 0.3) is 0 Å². The number of fused-ring (bicyclic) bond motifs is 1. The van der Waals surface area contributed by atoms with Crippen LogP contribution in [0.15, 0.2) is 21.6 Å². The fourth-order valence-corrected chi connectivity index (χ4v) is 2.82. The van der Waals surface area contributed by atoms with E-state index in [0.29, 0.717) is 12.6 Å². The van der Waals surface area contributed by atoms with E-state index in [2.05, 4.69) is 38.9 Å². The predicted octanol–water partition coefficient (Wildman–Crippen LogP) is 1.41. The van der Waals surface area contributed by atoms with E-state index in [4.69, 9.17) is 10.5 Å². The molecule has 2 N–H and O–H groups in total. The zero-order valence-electron chi connectivity index (χ0n) is 10.2. The zero-order chi connectivity index (χ0) is 12.7. The Labute approximate surface area is 114 Å². The number of benzene rings is 1. The normalized spacial score (nSPS) is 18.4. The van der Waals surface area contributed by atoms with Gasteiger partial charge in [0.05, 0.1) is 24.5 Å². The molecule has 0 saturated carbocycles. The number of likely N-dealkylation sites (N-methyl/N-ethyl adjacent to an activating group) is 1. The fourth-order valence-electron chi connectivity index (χ4n) is 2.27. The van der Waals surface area contributed by atoms with Crippen molar-refractivity contribution >= 4 is 33.3 Å². The molecule has 6 heteroatoms. The van der Waals surface area contributed by atoms with Crippen molar-refractivity contribution < 1.29 is 4.74 Å². The lowest BCUT2D eigenvalue weighted by Gasteiger charge is -2.30. The molecule has 0 aliphatic carbocycles. The molecule has 2 aliphatic heterocycles. The summed E-state index contributed by atoms with van der Waals surface area (Å²) in [7, 11) is 2.07. The summed E-state index contributed by atoms with van der Waals surface area (Å²) in [5.41, 5.74) is 8.01. The van der Waals surface area contributed by atoms with Crippen LogP contribution in [-0.4, -0.2) is 39.2 Å². The third kappa shape index (κ3) is 1.80. The summed E-state index contributed by atoms with van der Waals surface area (Å²) in [6, 6.07) is 4.11. The van der Waals surface area contributed by atoms with E-state index in [1.165, 1.54) is 0 Å². The van der Waals surface area contributed by atoms with Gasteiger partial charge in [-0.2, -0.15) is 0 Å². The maximum atomic E-state index is 5.89. The van der Waals surface area contributed by atoms with Gasteiger partial charge in [0.1, 0.15) is 12.4 Å². The molecule has 2 heterocycles. The number of rotatable bonds is 1. The molecule has 0 amide bonds. The number of ether oxygens (including phenoxy) is 1. The van der Waals surface area contributed by atoms with E-state index in [1.54, 1.807) is 0 Å². The Morgan fingerprint density at radius 3 is 2.89 bits per heavy atom. The van der Waals surface area contributed by atoms with Crippen LogP contribution in [0.5, 0.6) is 5.75 Å². The van der Waals surface area contributed by atoms with Crippen molar-refractivity contribution in [2.24, 2.45) is 10.7 Å². The van der Waals surface area contributed by atoms with Crippen LogP contribution in [0.2, 0.25) is 0 Å². The summed E-state index contributed by atoms with van der Waals surface area (Å²) in [5, 5.41) is 0. The number of hydrogen-bond donors (Lipinski definition) is 1. The summed E-state index contributed by atoms with van der Waals surface area (Å²) in [6.07, 6.45) is 0. The Morgan fingerprint density at radius 2 is 2.17 bits per heavy atom. The SMILES string of the molecule is CN1CCOc2cc(N3CCN=C3N)c(Br)cc21. The van der Waals surface area contributed by atoms with Gasteiger partial charge in [-0.3, -0.25) is 4.99 Å². The Hall–Kier alpha value is -1.43. The molecule has 0 fully saturated rings. The third-order valence-electron chi connectivity index (χ3n) is 3.29. The van der Waals surface area contributed by atoms with Gasteiger partial charge in [0.15, 0.2) is 5.96 Å². The number of halogens is 1. The molecule has 0 bridgehead atoms. The molecule has 0 unspecified atom stereocenters. The van der Waals surface area contributed by atoms with Crippen LogP contribution in [-0.2, 0) is 0 Å². The first kappa shape index (κ1) is 11.6. The lowest BCUT2D eigenvalue weighted by molar-refractivity contribution is 0.311. The van der Waals surface area contributed by atoms with Crippen molar-refractivity contribution in [3.8, 4) is 5.75 Å². The van der Waals surface area contributed by atoms with Gasteiger partial charge in [0, 0.05) is 24.1 Å². The highest BCUT2D eigenvalue weighted by atomic mass is 79.9. The number of anilines is 2. The fraction of sp³-hybridized carbons (Fsp3) is 0.417. The lowest BCUT2D eigenvalue weighted by atomic mass is 10.2. The van der Waals surface area contributed by atoms with Crippen molar-refractivity contribution in [1.29, 1.82) is 0 Å². The first-order chi connectivity index (χ1) is 8.66. The van der Waals surface area contributed by atoms with E-state index < -0.39 is 0 Å². The first-order valence-corrected chi connectivity index (χ1v) is 6.71. The Balaban J connectivity index is 2.04. The van der Waals surface area contributed by atoms with Gasteiger partial charge >= 0.3 is 0 Å². The number of nitrogens with two attached hydrogens (primary N) is 1. The van der Waals surface area contributed by atoms with Crippen molar-refractivity contribution in [3.05, 3.63) is 16.6 Å². The highest BCUT2D eigenvalue weighted by Crippen LogP contribution is 2.40. The zero-order valence-corrected chi connectivity index (χ0v) is 11.8. The molecule has 2 aliphatic rings. The quantitative estimate of drug-likeness (QED) is 0.852. The van der Waals surface area contributed by atoms with Gasteiger partial charge in [-0.1, -0.05) is 0 Å². The smallest absolute Gasteiger partial charge is 0.195 e. The molecule has 0 aromatic heterocycles. The van der Waals surface area contributed by atoms with Crippen LogP contribution in [0.3, 0.4) is 0 Å². The third-order valence-corrected chi connectivity index (χ3v) is 3.92. The van der Waals surface area contributed by atoms with E-state index >= 15 is 0 Å². The molecule has 3 rings (SSSR count). The van der Waals surface area contributed by atoms with Crippen molar-refractivity contribution in [2.45, 2.75) is 0 Å². The van der Waals surface area contributed by atoms with Crippen molar-refractivity contribution in [3.63, 3.8) is 0 Å². The van der Waals surface area contributed by atoms with Gasteiger partial charge in [-0.05, 0) is 22.0 Å². The first-order valence-electron chi connectivity index (χ1n) is 5.92. The Bertz CT molecular complexity index is 517. The van der Waals surface area contributed by atoms with Gasteiger partial charge < -0.3 is 20.3 Å². The van der Waals surface area contributed by atoms with Crippen LogP contribution in [0, 0.1) is 0 Å². The minimum Gasteiger partial charge on any atom is -0.489 e. The van der Waals surface area contributed by atoms with Gasteiger partial charge in [0.2, 0.25) is 0 Å². The van der Waals surface area contributed by atoms with Gasteiger partial charge in [-0.15, -0.1) is 0 Å². The average molecular weight is 311 g/mol. The minimum atomic E-state index is 0.569. The van der Waals surface area contributed by atoms with E-state index in [-0.39, 0.29) is 0 Å². The standard InChI is InChI=1S/C12H15BrN4O/c1-16-4-5-18-11-7-9(8(13)6-10(11)16)17-3-2-15-12(17)14/h6-7H,2-5H2,1H3,(H2,14,15). The monoisotopic (exact) mass is 310 g/mol. The molecular formula is C12H15BrN4O. The second-order valence-electron chi connectivity index (χ2n) is 4.43. The minimum absolute atomic E-state index is 0.569. The summed E-state index contributed by atoms with van der Waals surface area (Å²) >= 11 is 3.61.